The Bertz CT molecular complexity index is 298. The van der Waals surface area contributed by atoms with E-state index in [0.29, 0.717) is 13.1 Å². The van der Waals surface area contributed by atoms with Crippen LogP contribution in [0.15, 0.2) is 0 Å². The van der Waals surface area contributed by atoms with Gasteiger partial charge in [0.2, 0.25) is 0 Å². The summed E-state index contributed by atoms with van der Waals surface area (Å²) in [5, 5.41) is 11.6. The highest BCUT2D eigenvalue weighted by atomic mass is 16.5. The minimum absolute atomic E-state index is 0.136. The summed E-state index contributed by atoms with van der Waals surface area (Å²) in [4.78, 5) is 24.6. The van der Waals surface area contributed by atoms with Gasteiger partial charge >= 0.3 is 12.0 Å². The third-order valence-electron chi connectivity index (χ3n) is 3.27. The first-order chi connectivity index (χ1) is 8.45. The van der Waals surface area contributed by atoms with Crippen molar-refractivity contribution in [2.24, 2.45) is 5.92 Å². The lowest BCUT2D eigenvalue weighted by Gasteiger charge is -2.32. The van der Waals surface area contributed by atoms with Gasteiger partial charge in [-0.3, -0.25) is 0 Å². The second-order valence-corrected chi connectivity index (χ2v) is 4.93. The number of amides is 2. The molecule has 1 atom stereocenters. The van der Waals surface area contributed by atoms with Gasteiger partial charge in [0, 0.05) is 20.2 Å². The topological polar surface area (TPSA) is 78.9 Å². The van der Waals surface area contributed by atoms with Crippen LogP contribution >= 0.6 is 0 Å². The van der Waals surface area contributed by atoms with Crippen LogP contribution in [0.3, 0.4) is 0 Å². The molecule has 6 nitrogen and oxygen atoms in total. The molecule has 0 aromatic heterocycles. The number of nitrogens with one attached hydrogen (secondary N) is 1. The third-order valence-corrected chi connectivity index (χ3v) is 3.27. The molecule has 0 aromatic carbocycles. The maximum Gasteiger partial charge on any atom is 0.326 e. The zero-order chi connectivity index (χ0) is 13.7. The molecule has 18 heavy (non-hydrogen) atoms. The Hall–Kier alpha value is -1.30. The van der Waals surface area contributed by atoms with Crippen molar-refractivity contribution < 1.29 is 19.4 Å². The average Bonchev–Trinajstić information content (AvgIpc) is 2.35. The molecule has 2 amide bonds. The summed E-state index contributed by atoms with van der Waals surface area (Å²) in [5.41, 5.74) is 0. The maximum absolute atomic E-state index is 11.9. The van der Waals surface area contributed by atoms with E-state index in [1.165, 1.54) is 0 Å². The number of carbonyl (C=O) groups excluding carboxylic acids is 1. The lowest BCUT2D eigenvalue weighted by Crippen LogP contribution is -2.52. The monoisotopic (exact) mass is 258 g/mol. The van der Waals surface area contributed by atoms with Gasteiger partial charge in [0.1, 0.15) is 6.04 Å². The van der Waals surface area contributed by atoms with E-state index < -0.39 is 12.0 Å². The molecule has 0 bridgehead atoms. The van der Waals surface area contributed by atoms with Gasteiger partial charge in [0.05, 0.1) is 6.10 Å². The number of hydrogen-bond acceptors (Lipinski definition) is 3. The number of hydrogen-bond donors (Lipinski definition) is 2. The number of urea groups is 1. The van der Waals surface area contributed by atoms with Gasteiger partial charge in [0.25, 0.3) is 0 Å². The van der Waals surface area contributed by atoms with Gasteiger partial charge < -0.3 is 20.1 Å². The van der Waals surface area contributed by atoms with Crippen LogP contribution in [0.1, 0.15) is 26.7 Å². The van der Waals surface area contributed by atoms with Crippen molar-refractivity contribution in [1.82, 2.24) is 10.2 Å². The van der Waals surface area contributed by atoms with Crippen LogP contribution in [0.5, 0.6) is 0 Å². The number of carboxylic acids is 1. The molecule has 0 aromatic rings. The SMILES string of the molecule is COC1CCN(C(=O)N[C@H](C(=O)O)C(C)C)CC1. The number of nitrogens with zero attached hydrogens (tertiary/aromatic N) is 1. The van der Waals surface area contributed by atoms with E-state index in [-0.39, 0.29) is 18.1 Å². The van der Waals surface area contributed by atoms with E-state index in [0.717, 1.165) is 12.8 Å². The molecule has 1 aliphatic heterocycles. The summed E-state index contributed by atoms with van der Waals surface area (Å²) in [6.45, 7) is 4.76. The Morgan fingerprint density at radius 1 is 1.33 bits per heavy atom. The molecule has 0 radical (unpaired) electrons. The predicted molar refractivity (Wildman–Crippen MR) is 66.4 cm³/mol. The van der Waals surface area contributed by atoms with Crippen molar-refractivity contribution >= 4 is 12.0 Å². The number of ether oxygens (including phenoxy) is 1. The zero-order valence-electron chi connectivity index (χ0n) is 11.2. The van der Waals surface area contributed by atoms with Crippen LogP contribution in [0.25, 0.3) is 0 Å². The fourth-order valence-electron chi connectivity index (χ4n) is 2.03. The molecule has 1 fully saturated rings. The minimum atomic E-state index is -0.995. The number of methoxy groups -OCH3 is 1. The minimum Gasteiger partial charge on any atom is -0.480 e. The van der Waals surface area contributed by atoms with Gasteiger partial charge in [-0.2, -0.15) is 0 Å². The lowest BCUT2D eigenvalue weighted by atomic mass is 10.0. The Kier molecular flexibility index (Phi) is 5.40. The first kappa shape index (κ1) is 14.8. The largest absolute Gasteiger partial charge is 0.480 e. The normalized spacial score (nSPS) is 18.8. The van der Waals surface area contributed by atoms with Crippen LogP contribution in [0.4, 0.5) is 4.79 Å². The quantitative estimate of drug-likeness (QED) is 0.785. The van der Waals surface area contributed by atoms with Crippen molar-refractivity contribution in [1.29, 1.82) is 0 Å². The number of aliphatic carboxylic acids is 1. The smallest absolute Gasteiger partial charge is 0.326 e. The van der Waals surface area contributed by atoms with Gasteiger partial charge in [-0.1, -0.05) is 13.8 Å². The molecule has 1 heterocycles. The summed E-state index contributed by atoms with van der Waals surface area (Å²) in [7, 11) is 1.67. The van der Waals surface area contributed by atoms with Crippen LogP contribution in [0, 0.1) is 5.92 Å². The molecule has 1 saturated heterocycles. The highest BCUT2D eigenvalue weighted by Crippen LogP contribution is 2.13. The summed E-state index contributed by atoms with van der Waals surface area (Å²) in [6.07, 6.45) is 1.79. The molecular formula is C12H22N2O4. The van der Waals surface area contributed by atoms with Crippen LogP contribution in [-0.4, -0.2) is 54.4 Å². The highest BCUT2D eigenvalue weighted by Gasteiger charge is 2.28. The van der Waals surface area contributed by atoms with Crippen LogP contribution in [0.2, 0.25) is 0 Å². The molecule has 0 spiro atoms. The fourth-order valence-corrected chi connectivity index (χ4v) is 2.03. The second-order valence-electron chi connectivity index (χ2n) is 4.93. The van der Waals surface area contributed by atoms with Crippen LogP contribution in [-0.2, 0) is 9.53 Å². The standard InChI is InChI=1S/C12H22N2O4/c1-8(2)10(11(15)16)13-12(17)14-6-4-9(18-3)5-7-14/h8-10H,4-7H2,1-3H3,(H,13,17)(H,15,16)/t10-/m0/s1. The van der Waals surface area contributed by atoms with Crippen molar-refractivity contribution in [2.45, 2.75) is 38.8 Å². The van der Waals surface area contributed by atoms with Gasteiger partial charge in [0.15, 0.2) is 0 Å². The van der Waals surface area contributed by atoms with E-state index in [1.807, 2.05) is 0 Å². The highest BCUT2D eigenvalue weighted by molar-refractivity contribution is 5.82. The van der Waals surface area contributed by atoms with E-state index in [9.17, 15) is 9.59 Å². The van der Waals surface area contributed by atoms with Crippen molar-refractivity contribution in [3.8, 4) is 0 Å². The molecule has 104 valence electrons. The maximum atomic E-state index is 11.9. The first-order valence-corrected chi connectivity index (χ1v) is 6.26. The van der Waals surface area contributed by atoms with Crippen molar-refractivity contribution in [3.05, 3.63) is 0 Å². The number of carboxylic acid groups (broad SMARTS) is 1. The van der Waals surface area contributed by atoms with E-state index in [4.69, 9.17) is 9.84 Å². The molecule has 6 heteroatoms. The summed E-state index contributed by atoms with van der Waals surface area (Å²) < 4.78 is 5.22. The summed E-state index contributed by atoms with van der Waals surface area (Å²) in [6, 6.07) is -1.14. The third kappa shape index (κ3) is 3.87. The van der Waals surface area contributed by atoms with Gasteiger partial charge in [-0.05, 0) is 18.8 Å². The Morgan fingerprint density at radius 2 is 1.89 bits per heavy atom. The van der Waals surface area contributed by atoms with Gasteiger partial charge in [-0.25, -0.2) is 9.59 Å². The lowest BCUT2D eigenvalue weighted by molar-refractivity contribution is -0.140. The van der Waals surface area contributed by atoms with E-state index in [2.05, 4.69) is 5.32 Å². The molecular weight excluding hydrogens is 236 g/mol. The fraction of sp³-hybridized carbons (Fsp3) is 0.833. The predicted octanol–water partition coefficient (Wildman–Crippen LogP) is 0.916. The van der Waals surface area contributed by atoms with Crippen molar-refractivity contribution in [2.75, 3.05) is 20.2 Å². The molecule has 1 rings (SSSR count). The Balaban J connectivity index is 2.48. The molecule has 1 aliphatic rings. The summed E-state index contributed by atoms with van der Waals surface area (Å²) in [5.74, 6) is -1.13. The average molecular weight is 258 g/mol. The molecule has 0 unspecified atom stereocenters. The number of piperidine rings is 1. The van der Waals surface area contributed by atoms with E-state index >= 15 is 0 Å². The van der Waals surface area contributed by atoms with Gasteiger partial charge in [-0.15, -0.1) is 0 Å². The number of rotatable bonds is 4. The number of likely N-dealkylation sites (tertiary alicyclic amines) is 1. The van der Waals surface area contributed by atoms with Crippen molar-refractivity contribution in [3.63, 3.8) is 0 Å². The number of carbonyl (C=O) groups is 2. The second kappa shape index (κ2) is 6.58. The van der Waals surface area contributed by atoms with Crippen LogP contribution < -0.4 is 5.32 Å². The molecule has 0 aliphatic carbocycles. The molecule has 0 saturated carbocycles. The van der Waals surface area contributed by atoms with E-state index in [1.54, 1.807) is 25.9 Å². The summed E-state index contributed by atoms with van der Waals surface area (Å²) >= 11 is 0. The first-order valence-electron chi connectivity index (χ1n) is 6.26. The zero-order valence-corrected chi connectivity index (χ0v) is 11.2. The Labute approximate surface area is 107 Å². The molecule has 2 N–H and O–H groups in total. The Morgan fingerprint density at radius 3 is 2.28 bits per heavy atom.